The average Bonchev–Trinajstić information content (AvgIpc) is 2.44. The molecule has 1 saturated carbocycles. The van der Waals surface area contributed by atoms with Crippen LogP contribution in [0.25, 0.3) is 0 Å². The van der Waals surface area contributed by atoms with Crippen molar-refractivity contribution >= 4 is 21.6 Å². The summed E-state index contributed by atoms with van der Waals surface area (Å²) >= 11 is 0. The van der Waals surface area contributed by atoms with Gasteiger partial charge in [0.2, 0.25) is 0 Å². The smallest absolute Gasteiger partial charge is 0.124 e. The molecule has 1 aliphatic carbocycles. The normalized spacial score (nSPS) is 31.8. The molecule has 0 aromatic rings. The van der Waals surface area contributed by atoms with Gasteiger partial charge >= 0.3 is 0 Å². The van der Waals surface area contributed by atoms with E-state index in [0.717, 1.165) is 19.3 Å². The maximum atomic E-state index is 12.5. The highest BCUT2D eigenvalue weighted by atomic mass is 28.3. The van der Waals surface area contributed by atoms with E-state index in [0.29, 0.717) is 5.41 Å². The molecular formula is C12H26O2Si2. The second-order valence-corrected chi connectivity index (χ2v) is 17.6. The standard InChI is InChI=1S/C12H26O2Si2/c1-15(2,3)11(13)10-8-7-9-12(10,14)16(4,5)6/h10,14H,7-9H2,1-6H3/t10-,12-/m0/s1. The van der Waals surface area contributed by atoms with Gasteiger partial charge in [0.1, 0.15) is 13.5 Å². The lowest BCUT2D eigenvalue weighted by atomic mass is 10.1. The maximum absolute atomic E-state index is 12.5. The third-order valence-corrected chi connectivity index (χ3v) is 9.00. The van der Waals surface area contributed by atoms with E-state index in [-0.39, 0.29) is 5.92 Å². The number of carbonyl (C=O) groups is 1. The average molecular weight is 259 g/mol. The first-order chi connectivity index (χ1) is 7.00. The molecule has 0 saturated heterocycles. The molecule has 94 valence electrons. The molecule has 0 aromatic carbocycles. The summed E-state index contributed by atoms with van der Waals surface area (Å²) in [7, 11) is -3.47. The minimum atomic E-state index is -1.77. The van der Waals surface area contributed by atoms with E-state index in [2.05, 4.69) is 39.3 Å². The van der Waals surface area contributed by atoms with Crippen molar-refractivity contribution in [3.8, 4) is 0 Å². The van der Waals surface area contributed by atoms with E-state index < -0.39 is 21.4 Å². The van der Waals surface area contributed by atoms with E-state index in [4.69, 9.17) is 0 Å². The Hall–Kier alpha value is 0.0638. The van der Waals surface area contributed by atoms with Crippen LogP contribution in [0.2, 0.25) is 39.3 Å². The number of carbonyl (C=O) groups excluding carboxylic acids is 1. The summed E-state index contributed by atoms with van der Waals surface area (Å²) < 4.78 is 0. The highest BCUT2D eigenvalue weighted by molar-refractivity contribution is 7.04. The number of hydrogen-bond donors (Lipinski definition) is 1. The second kappa shape index (κ2) is 4.07. The first-order valence-corrected chi connectivity index (χ1v) is 13.3. The molecule has 1 rings (SSSR count). The van der Waals surface area contributed by atoms with Gasteiger partial charge in [-0.15, -0.1) is 0 Å². The fraction of sp³-hybridized carbons (Fsp3) is 0.917. The molecule has 1 fully saturated rings. The van der Waals surface area contributed by atoms with Gasteiger partial charge in [-0.1, -0.05) is 45.7 Å². The van der Waals surface area contributed by atoms with Crippen LogP contribution in [0.5, 0.6) is 0 Å². The monoisotopic (exact) mass is 258 g/mol. The van der Waals surface area contributed by atoms with Gasteiger partial charge in [-0.05, 0) is 12.8 Å². The van der Waals surface area contributed by atoms with Crippen LogP contribution < -0.4 is 0 Å². The molecule has 0 heterocycles. The molecule has 0 aromatic heterocycles. The molecule has 2 atom stereocenters. The summed E-state index contributed by atoms with van der Waals surface area (Å²) in [6, 6.07) is 0. The predicted octanol–water partition coefficient (Wildman–Crippen LogP) is 2.84. The van der Waals surface area contributed by atoms with Crippen molar-refractivity contribution in [2.24, 2.45) is 5.92 Å². The number of rotatable bonds is 3. The van der Waals surface area contributed by atoms with Crippen LogP contribution in [0.15, 0.2) is 0 Å². The van der Waals surface area contributed by atoms with Crippen LogP contribution >= 0.6 is 0 Å². The summed E-state index contributed by atoms with van der Waals surface area (Å²) in [6.45, 7) is 12.8. The third-order valence-electron chi connectivity index (χ3n) is 3.98. The Bertz CT molecular complexity index is 288. The van der Waals surface area contributed by atoms with Crippen LogP contribution in [0, 0.1) is 5.92 Å². The number of hydrogen-bond acceptors (Lipinski definition) is 2. The highest BCUT2D eigenvalue weighted by Crippen LogP contribution is 2.43. The Morgan fingerprint density at radius 3 is 2.06 bits per heavy atom. The molecule has 1 N–H and O–H groups in total. The summed E-state index contributed by atoms with van der Waals surface area (Å²) in [5.41, 5.74) is 0. The van der Waals surface area contributed by atoms with E-state index in [1.807, 2.05) is 0 Å². The zero-order chi connectivity index (χ0) is 12.8. The molecule has 0 amide bonds. The fourth-order valence-corrected chi connectivity index (χ4v) is 6.58. The number of aliphatic hydroxyl groups is 1. The third kappa shape index (κ3) is 2.33. The van der Waals surface area contributed by atoms with Crippen LogP contribution in [0.1, 0.15) is 19.3 Å². The first-order valence-electron chi connectivity index (χ1n) is 6.27. The Morgan fingerprint density at radius 1 is 1.19 bits per heavy atom. The molecule has 4 heteroatoms. The van der Waals surface area contributed by atoms with Crippen molar-refractivity contribution in [1.82, 2.24) is 0 Å². The predicted molar refractivity (Wildman–Crippen MR) is 74.0 cm³/mol. The summed E-state index contributed by atoms with van der Waals surface area (Å²) in [5.74, 6) is -0.0640. The molecule has 16 heavy (non-hydrogen) atoms. The van der Waals surface area contributed by atoms with Gasteiger partial charge in [0.15, 0.2) is 0 Å². The van der Waals surface area contributed by atoms with Gasteiger partial charge in [-0.3, -0.25) is 0 Å². The van der Waals surface area contributed by atoms with Crippen molar-refractivity contribution < 1.29 is 9.90 Å². The molecule has 0 aliphatic heterocycles. The second-order valence-electron chi connectivity index (χ2n) is 7.23. The van der Waals surface area contributed by atoms with Gasteiger partial charge in [-0.2, -0.15) is 0 Å². The molecule has 1 aliphatic rings. The lowest BCUT2D eigenvalue weighted by Crippen LogP contribution is -2.59. The Balaban J connectivity index is 3.02. The van der Waals surface area contributed by atoms with Gasteiger partial charge in [0.05, 0.1) is 13.3 Å². The van der Waals surface area contributed by atoms with Crippen molar-refractivity contribution in [3.05, 3.63) is 0 Å². The summed E-state index contributed by atoms with van der Waals surface area (Å²) in [4.78, 5) is 12.5. The molecule has 0 unspecified atom stereocenters. The van der Waals surface area contributed by atoms with Gasteiger partial charge in [0, 0.05) is 5.92 Å². The minimum absolute atomic E-state index is 0.0640. The molecule has 0 spiro atoms. The SMILES string of the molecule is C[Si](C)(C)C(=O)[C@@H]1CCC[C@]1(O)[Si](C)(C)C. The zero-order valence-electron chi connectivity index (χ0n) is 11.6. The van der Waals surface area contributed by atoms with Crippen LogP contribution in [-0.4, -0.2) is 31.9 Å². The lowest BCUT2D eigenvalue weighted by molar-refractivity contribution is -0.120. The van der Waals surface area contributed by atoms with Gasteiger partial charge in [-0.25, -0.2) is 0 Å². The minimum Gasteiger partial charge on any atom is -0.393 e. The maximum Gasteiger partial charge on any atom is 0.124 e. The van der Waals surface area contributed by atoms with Crippen molar-refractivity contribution in [1.29, 1.82) is 0 Å². The molecule has 2 nitrogen and oxygen atoms in total. The molecular weight excluding hydrogens is 232 g/mol. The van der Waals surface area contributed by atoms with E-state index >= 15 is 0 Å². The Labute approximate surface area is 101 Å². The molecule has 0 bridgehead atoms. The van der Waals surface area contributed by atoms with Crippen molar-refractivity contribution in [2.75, 3.05) is 0 Å². The zero-order valence-corrected chi connectivity index (χ0v) is 13.6. The van der Waals surface area contributed by atoms with E-state index in [9.17, 15) is 9.90 Å². The Kier molecular flexibility index (Phi) is 3.59. The Morgan fingerprint density at radius 2 is 1.69 bits per heavy atom. The van der Waals surface area contributed by atoms with Gasteiger partial charge < -0.3 is 9.90 Å². The highest BCUT2D eigenvalue weighted by Gasteiger charge is 2.54. The lowest BCUT2D eigenvalue weighted by Gasteiger charge is -2.41. The van der Waals surface area contributed by atoms with Crippen molar-refractivity contribution in [2.45, 2.75) is 63.8 Å². The van der Waals surface area contributed by atoms with Crippen LogP contribution in [-0.2, 0) is 4.79 Å². The van der Waals surface area contributed by atoms with Crippen LogP contribution in [0.3, 0.4) is 0 Å². The molecule has 0 radical (unpaired) electrons. The van der Waals surface area contributed by atoms with Crippen LogP contribution in [0.4, 0.5) is 0 Å². The summed E-state index contributed by atoms with van der Waals surface area (Å²) in [6.07, 6.45) is 2.76. The summed E-state index contributed by atoms with van der Waals surface area (Å²) in [5, 5.41) is 10.6. The van der Waals surface area contributed by atoms with E-state index in [1.54, 1.807) is 0 Å². The largest absolute Gasteiger partial charge is 0.393 e. The van der Waals surface area contributed by atoms with Gasteiger partial charge in [0.25, 0.3) is 0 Å². The topological polar surface area (TPSA) is 37.3 Å². The quantitative estimate of drug-likeness (QED) is 0.790. The van der Waals surface area contributed by atoms with Crippen molar-refractivity contribution in [3.63, 3.8) is 0 Å². The van der Waals surface area contributed by atoms with E-state index in [1.165, 1.54) is 0 Å². The fourth-order valence-electron chi connectivity index (χ4n) is 2.76. The first kappa shape index (κ1) is 14.1.